The van der Waals surface area contributed by atoms with Gasteiger partial charge in [0.05, 0.1) is 16.9 Å². The van der Waals surface area contributed by atoms with E-state index in [1.807, 2.05) is 0 Å². The lowest BCUT2D eigenvalue weighted by Gasteiger charge is -2.46. The first kappa shape index (κ1) is 30.2. The van der Waals surface area contributed by atoms with Crippen molar-refractivity contribution in [1.29, 1.82) is 0 Å². The van der Waals surface area contributed by atoms with Crippen LogP contribution < -0.4 is 16.0 Å². The van der Waals surface area contributed by atoms with Gasteiger partial charge in [-0.25, -0.2) is 0 Å². The fourth-order valence-electron chi connectivity index (χ4n) is 6.58. The molecule has 0 spiro atoms. The smallest absolute Gasteiger partial charge is 0.346 e. The summed E-state index contributed by atoms with van der Waals surface area (Å²) in [7, 11) is 3.53. The largest absolute Gasteiger partial charge is 0.508 e. The molecular weight excluding hydrogens is 568 g/mol. The molecule has 0 aromatic heterocycles. The number of hydrogen-bond acceptors (Lipinski definition) is 10. The van der Waals surface area contributed by atoms with Crippen molar-refractivity contribution in [2.45, 2.75) is 50.4 Å². The molecule has 1 aromatic carbocycles. The van der Waals surface area contributed by atoms with Crippen molar-refractivity contribution in [2.24, 2.45) is 17.6 Å². The molecule has 0 heterocycles. The Morgan fingerprint density at radius 3 is 2.51 bits per heavy atom. The van der Waals surface area contributed by atoms with E-state index in [1.54, 1.807) is 44.1 Å². The number of primary amides is 1. The third-order valence-corrected chi connectivity index (χ3v) is 8.78. The number of aliphatic hydroxyl groups excluding tert-OH is 2. The highest BCUT2D eigenvalue weighted by Crippen LogP contribution is 2.54. The fraction of sp³-hybridized carbons (Fsp3) is 0.433. The Morgan fingerprint density at radius 1 is 1.23 bits per heavy atom. The summed E-state index contributed by atoms with van der Waals surface area (Å²) in [6, 6.07) is 1.68. The summed E-state index contributed by atoms with van der Waals surface area (Å²) in [6.07, 6.45) is 4.91. The third kappa shape index (κ3) is 4.85. The van der Waals surface area contributed by atoms with Gasteiger partial charge in [-0.15, -0.1) is 0 Å². The molecular formula is C30H33F2N3O8. The zero-order valence-corrected chi connectivity index (χ0v) is 23.8. The molecule has 2 unspecified atom stereocenters. The van der Waals surface area contributed by atoms with Gasteiger partial charge in [0.25, 0.3) is 5.91 Å². The summed E-state index contributed by atoms with van der Waals surface area (Å²) < 4.78 is 30.2. The molecule has 1 amide bonds. The number of hydrogen-bond donors (Lipinski definition) is 6. The van der Waals surface area contributed by atoms with Crippen molar-refractivity contribution < 1.29 is 48.3 Å². The number of phenols is 1. The molecule has 4 aliphatic rings. The van der Waals surface area contributed by atoms with E-state index in [-0.39, 0.29) is 48.4 Å². The minimum absolute atomic E-state index is 0.0330. The molecule has 4 atom stereocenters. The molecule has 43 heavy (non-hydrogen) atoms. The van der Waals surface area contributed by atoms with Gasteiger partial charge in [0, 0.05) is 44.2 Å². The number of aliphatic hydroxyl groups is 3. The van der Waals surface area contributed by atoms with Crippen LogP contribution in [0, 0.1) is 11.8 Å². The maximum absolute atomic E-state index is 13.8. The number of aromatic hydroxyl groups is 1. The number of nitrogens with zero attached hydrogens (tertiary/aromatic N) is 1. The van der Waals surface area contributed by atoms with Crippen LogP contribution in [0.2, 0.25) is 0 Å². The molecule has 0 bridgehead atoms. The molecule has 0 saturated heterocycles. The number of nitrogens with two attached hydrogens (primary N) is 1. The minimum atomic E-state index is -2.92. The Morgan fingerprint density at radius 2 is 1.93 bits per heavy atom. The Labute approximate surface area is 245 Å². The average molecular weight is 602 g/mol. The van der Waals surface area contributed by atoms with Crippen LogP contribution in [0.5, 0.6) is 5.75 Å². The molecule has 13 heteroatoms. The second-order valence-corrected chi connectivity index (χ2v) is 11.8. The van der Waals surface area contributed by atoms with Gasteiger partial charge in [0.15, 0.2) is 11.4 Å². The van der Waals surface area contributed by atoms with Gasteiger partial charge in [-0.1, -0.05) is 18.2 Å². The molecule has 7 N–H and O–H groups in total. The highest BCUT2D eigenvalue weighted by atomic mass is 19.3. The number of ether oxygens (including phenoxy) is 1. The van der Waals surface area contributed by atoms with E-state index in [0.29, 0.717) is 11.3 Å². The van der Waals surface area contributed by atoms with E-state index in [0.717, 1.165) is 5.57 Å². The van der Waals surface area contributed by atoms with Crippen LogP contribution >= 0.6 is 0 Å². The molecule has 230 valence electrons. The molecule has 4 aliphatic carbocycles. The number of amides is 1. The van der Waals surface area contributed by atoms with Gasteiger partial charge in [-0.2, -0.15) is 8.78 Å². The number of Topliss-reactive ketones (excluding diaryl/α,β-unsaturated/α-hetero) is 2. The van der Waals surface area contributed by atoms with E-state index in [1.165, 1.54) is 6.08 Å². The highest BCUT2D eigenvalue weighted by molar-refractivity contribution is 6.22. The molecule has 1 saturated carbocycles. The molecule has 0 radical (unpaired) electrons. The summed E-state index contributed by atoms with van der Waals surface area (Å²) in [6.45, 7) is -1.20. The number of carbonyl (C=O) groups is 3. The molecule has 5 rings (SSSR count). The van der Waals surface area contributed by atoms with E-state index < -0.39 is 70.6 Å². The second-order valence-electron chi connectivity index (χ2n) is 11.8. The second kappa shape index (κ2) is 10.5. The maximum Gasteiger partial charge on any atom is 0.346 e. The van der Waals surface area contributed by atoms with Crippen LogP contribution in [0.1, 0.15) is 37.3 Å². The maximum atomic E-state index is 13.8. The van der Waals surface area contributed by atoms with Gasteiger partial charge >= 0.3 is 6.61 Å². The first-order chi connectivity index (χ1) is 20.1. The first-order valence-corrected chi connectivity index (χ1v) is 13.7. The Balaban J connectivity index is 1.53. The van der Waals surface area contributed by atoms with Crippen molar-refractivity contribution in [1.82, 2.24) is 0 Å². The van der Waals surface area contributed by atoms with Gasteiger partial charge in [-0.3, -0.25) is 14.4 Å². The van der Waals surface area contributed by atoms with Crippen LogP contribution in [0.3, 0.4) is 0 Å². The molecule has 1 aromatic rings. The van der Waals surface area contributed by atoms with E-state index in [9.17, 15) is 43.6 Å². The quantitative estimate of drug-likeness (QED) is 0.201. The fourth-order valence-corrected chi connectivity index (χ4v) is 6.58. The van der Waals surface area contributed by atoms with Gasteiger partial charge < -0.3 is 41.1 Å². The predicted molar refractivity (Wildman–Crippen MR) is 152 cm³/mol. The van der Waals surface area contributed by atoms with Crippen molar-refractivity contribution in [3.63, 3.8) is 0 Å². The monoisotopic (exact) mass is 601 g/mol. The molecule has 11 nitrogen and oxygen atoms in total. The summed E-state index contributed by atoms with van der Waals surface area (Å²) in [5, 5.41) is 48.1. The number of ketones is 2. The van der Waals surface area contributed by atoms with E-state index in [2.05, 4.69) is 10.1 Å². The number of alkyl halides is 2. The SMILES string of the molecule is CN(C)c1cc(NCC2=CCC(C)(OC(F)F)C=C2)c(O)c2c1CC1C[C@H]3CC(=O)C(C(N)=O)=C(O)[C@@]3(O)C(=O)C1=C2O. The number of phenolic OH excluding ortho intramolecular Hbond substituents is 1. The van der Waals surface area contributed by atoms with E-state index >= 15 is 0 Å². The summed E-state index contributed by atoms with van der Waals surface area (Å²) in [5.41, 5.74) is 2.43. The van der Waals surface area contributed by atoms with E-state index in [4.69, 9.17) is 5.73 Å². The number of fused-ring (bicyclic) bond motifs is 3. The highest BCUT2D eigenvalue weighted by Gasteiger charge is 2.60. The third-order valence-electron chi connectivity index (χ3n) is 8.78. The van der Waals surface area contributed by atoms with Crippen molar-refractivity contribution in [2.75, 3.05) is 30.9 Å². The van der Waals surface area contributed by atoms with Crippen LogP contribution in [0.15, 0.2) is 46.8 Å². The van der Waals surface area contributed by atoms with Crippen molar-refractivity contribution >= 4 is 34.6 Å². The lowest BCUT2D eigenvalue weighted by molar-refractivity contribution is -0.185. The minimum Gasteiger partial charge on any atom is -0.508 e. The number of rotatable bonds is 7. The van der Waals surface area contributed by atoms with Gasteiger partial charge in [0.2, 0.25) is 5.78 Å². The molecule has 0 aliphatic heterocycles. The normalized spacial score (nSPS) is 28.4. The van der Waals surface area contributed by atoms with Crippen molar-refractivity contribution in [3.8, 4) is 5.75 Å². The number of benzene rings is 1. The van der Waals surface area contributed by atoms with Gasteiger partial charge in [-0.05, 0) is 49.3 Å². The van der Waals surface area contributed by atoms with Gasteiger partial charge in [0.1, 0.15) is 22.8 Å². The van der Waals surface area contributed by atoms with Crippen molar-refractivity contribution in [3.05, 3.63) is 57.9 Å². The Hall–Kier alpha value is -4.23. The zero-order chi connectivity index (χ0) is 31.6. The molecule has 1 fully saturated rings. The lowest BCUT2D eigenvalue weighted by atomic mass is 9.59. The van der Waals surface area contributed by atoms with Crippen LogP contribution in [0.4, 0.5) is 20.2 Å². The standard InChI is InChI=1S/C30H33F2N3O8/c1-29(43-28(31)32)6-4-13(5-7-29)12-34-17-11-18(35(2)3)16-9-14-8-15-10-19(36)22(27(33)41)26(40)30(15,42)25(39)20(14)24(38)21(16)23(17)37/h4-6,11,14-15,28,34,37-38,40,42H,7-10,12H2,1-3H3,(H2,33,41)/t14?,15-,29?,30-/m0/s1. The number of carbonyl (C=O) groups excluding carboxylic acids is 3. The van der Waals surface area contributed by atoms with Crippen LogP contribution in [-0.4, -0.2) is 76.4 Å². The van der Waals surface area contributed by atoms with Crippen LogP contribution in [0.25, 0.3) is 5.76 Å². The Bertz CT molecular complexity index is 1560. The summed E-state index contributed by atoms with van der Waals surface area (Å²) >= 11 is 0. The van der Waals surface area contributed by atoms with Crippen LogP contribution in [-0.2, 0) is 25.5 Å². The Kier molecular flexibility index (Phi) is 7.38. The number of anilines is 2. The summed E-state index contributed by atoms with van der Waals surface area (Å²) in [4.78, 5) is 40.0. The lowest BCUT2D eigenvalue weighted by Crippen LogP contribution is -2.58. The predicted octanol–water partition coefficient (Wildman–Crippen LogP) is 2.79. The first-order valence-electron chi connectivity index (χ1n) is 13.7. The topological polar surface area (TPSA) is 183 Å². The number of halogens is 2. The average Bonchev–Trinajstić information content (AvgIpc) is 2.90. The number of nitrogens with one attached hydrogen (secondary N) is 1. The summed E-state index contributed by atoms with van der Waals surface area (Å²) in [5.74, 6) is -6.93. The zero-order valence-electron chi connectivity index (χ0n) is 23.8.